The highest BCUT2D eigenvalue weighted by Gasteiger charge is 2.10. The molecule has 1 aromatic carbocycles. The molecule has 106 valence electrons. The largest absolute Gasteiger partial charge is 0.482 e. The lowest BCUT2D eigenvalue weighted by Crippen LogP contribution is -2.38. The van der Waals surface area contributed by atoms with Crippen molar-refractivity contribution in [3.8, 4) is 5.75 Å². The maximum absolute atomic E-state index is 11.6. The molecular formula is C12H16Cl2N2O3. The average Bonchev–Trinajstić information content (AvgIpc) is 2.32. The number of nitrogens with two attached hydrogens (primary N) is 1. The van der Waals surface area contributed by atoms with Gasteiger partial charge in [-0.2, -0.15) is 0 Å². The van der Waals surface area contributed by atoms with Crippen molar-refractivity contribution in [2.75, 3.05) is 26.1 Å². The van der Waals surface area contributed by atoms with Gasteiger partial charge in [0.05, 0.1) is 22.3 Å². The Labute approximate surface area is 122 Å². The van der Waals surface area contributed by atoms with Crippen LogP contribution in [0.2, 0.25) is 10.0 Å². The molecular weight excluding hydrogens is 291 g/mol. The van der Waals surface area contributed by atoms with Crippen LogP contribution in [0, 0.1) is 0 Å². The van der Waals surface area contributed by atoms with E-state index in [2.05, 4.69) is 5.32 Å². The number of anilines is 1. The van der Waals surface area contributed by atoms with E-state index in [-0.39, 0.29) is 18.6 Å². The normalized spacial score (nSPS) is 12.0. The number of carbonyl (C=O) groups excluding carboxylic acids is 1. The lowest BCUT2D eigenvalue weighted by molar-refractivity contribution is -0.124. The maximum Gasteiger partial charge on any atom is 0.258 e. The van der Waals surface area contributed by atoms with Gasteiger partial charge < -0.3 is 20.5 Å². The van der Waals surface area contributed by atoms with E-state index in [0.29, 0.717) is 28.1 Å². The van der Waals surface area contributed by atoms with Crippen molar-refractivity contribution >= 4 is 34.8 Å². The summed E-state index contributed by atoms with van der Waals surface area (Å²) in [5, 5.41) is 3.36. The number of nitrogens with one attached hydrogen (secondary N) is 1. The van der Waals surface area contributed by atoms with Gasteiger partial charge in [0.25, 0.3) is 5.91 Å². The Morgan fingerprint density at radius 3 is 2.68 bits per heavy atom. The molecule has 7 heteroatoms. The average molecular weight is 307 g/mol. The van der Waals surface area contributed by atoms with E-state index >= 15 is 0 Å². The minimum absolute atomic E-state index is 0.0905. The number of benzene rings is 1. The minimum Gasteiger partial charge on any atom is -0.482 e. The number of carbonyl (C=O) groups is 1. The summed E-state index contributed by atoms with van der Waals surface area (Å²) in [7, 11) is 1.57. The van der Waals surface area contributed by atoms with Gasteiger partial charge in [-0.05, 0) is 13.0 Å². The van der Waals surface area contributed by atoms with Crippen LogP contribution >= 0.6 is 23.2 Å². The molecule has 0 heterocycles. The second-order valence-corrected chi connectivity index (χ2v) is 4.83. The van der Waals surface area contributed by atoms with Crippen molar-refractivity contribution in [2.45, 2.75) is 13.0 Å². The molecule has 1 unspecified atom stereocenters. The van der Waals surface area contributed by atoms with Gasteiger partial charge in [-0.25, -0.2) is 0 Å². The van der Waals surface area contributed by atoms with E-state index in [1.54, 1.807) is 7.11 Å². The van der Waals surface area contributed by atoms with Crippen LogP contribution in [0.1, 0.15) is 6.92 Å². The fourth-order valence-corrected chi connectivity index (χ4v) is 1.75. The third-order valence-electron chi connectivity index (χ3n) is 2.24. The summed E-state index contributed by atoms with van der Waals surface area (Å²) in [5.74, 6) is 0.0546. The standard InChI is InChI=1S/C12H16Cl2N2O3/c1-7(5-18-2)16-12(17)6-19-11-4-9(14)8(13)3-10(11)15/h3-4,7H,5-6,15H2,1-2H3,(H,16,17). The summed E-state index contributed by atoms with van der Waals surface area (Å²) in [6.45, 7) is 2.10. The first kappa shape index (κ1) is 15.9. The SMILES string of the molecule is COCC(C)NC(=O)COc1cc(Cl)c(Cl)cc1N. The van der Waals surface area contributed by atoms with Crippen LogP contribution in [0.4, 0.5) is 5.69 Å². The lowest BCUT2D eigenvalue weighted by atomic mass is 10.3. The predicted molar refractivity (Wildman–Crippen MR) is 75.9 cm³/mol. The van der Waals surface area contributed by atoms with E-state index in [4.69, 9.17) is 38.4 Å². The molecule has 19 heavy (non-hydrogen) atoms. The second-order valence-electron chi connectivity index (χ2n) is 4.02. The molecule has 5 nitrogen and oxygen atoms in total. The van der Waals surface area contributed by atoms with Gasteiger partial charge in [-0.1, -0.05) is 23.2 Å². The Morgan fingerprint density at radius 1 is 1.42 bits per heavy atom. The molecule has 0 saturated heterocycles. The number of halogens is 2. The second kappa shape index (κ2) is 7.43. The van der Waals surface area contributed by atoms with Gasteiger partial charge in [0.2, 0.25) is 0 Å². The molecule has 0 aromatic heterocycles. The highest BCUT2D eigenvalue weighted by Crippen LogP contribution is 2.32. The number of hydrogen-bond donors (Lipinski definition) is 2. The molecule has 0 radical (unpaired) electrons. The Bertz CT molecular complexity index is 455. The molecule has 0 spiro atoms. The van der Waals surface area contributed by atoms with E-state index in [1.807, 2.05) is 6.92 Å². The zero-order chi connectivity index (χ0) is 14.4. The first-order valence-electron chi connectivity index (χ1n) is 5.59. The topological polar surface area (TPSA) is 73.6 Å². The van der Waals surface area contributed by atoms with Crippen LogP contribution in [0.15, 0.2) is 12.1 Å². The maximum atomic E-state index is 11.6. The van der Waals surface area contributed by atoms with Gasteiger partial charge in [-0.3, -0.25) is 4.79 Å². The first-order valence-corrected chi connectivity index (χ1v) is 6.35. The minimum atomic E-state index is -0.268. The molecule has 1 amide bonds. The van der Waals surface area contributed by atoms with Crippen LogP contribution < -0.4 is 15.8 Å². The van der Waals surface area contributed by atoms with Crippen molar-refractivity contribution in [2.24, 2.45) is 0 Å². The molecule has 3 N–H and O–H groups in total. The number of nitrogen functional groups attached to an aromatic ring is 1. The number of methoxy groups -OCH3 is 1. The lowest BCUT2D eigenvalue weighted by Gasteiger charge is -2.14. The fraction of sp³-hybridized carbons (Fsp3) is 0.417. The van der Waals surface area contributed by atoms with Crippen LogP contribution in [0.5, 0.6) is 5.75 Å². The zero-order valence-electron chi connectivity index (χ0n) is 10.7. The van der Waals surface area contributed by atoms with Crippen LogP contribution in [0.25, 0.3) is 0 Å². The van der Waals surface area contributed by atoms with Crippen molar-refractivity contribution in [3.05, 3.63) is 22.2 Å². The van der Waals surface area contributed by atoms with E-state index in [0.717, 1.165) is 0 Å². The van der Waals surface area contributed by atoms with E-state index in [9.17, 15) is 4.79 Å². The first-order chi connectivity index (χ1) is 8.93. The molecule has 0 saturated carbocycles. The van der Waals surface area contributed by atoms with Crippen LogP contribution in [0.3, 0.4) is 0 Å². The van der Waals surface area contributed by atoms with Crippen LogP contribution in [-0.2, 0) is 9.53 Å². The summed E-state index contributed by atoms with van der Waals surface area (Å²) in [5.41, 5.74) is 6.03. The molecule has 0 fully saturated rings. The van der Waals surface area contributed by atoms with E-state index in [1.165, 1.54) is 12.1 Å². The predicted octanol–water partition coefficient (Wildman–Crippen LogP) is 2.11. The molecule has 0 bridgehead atoms. The number of ether oxygens (including phenoxy) is 2. The number of amides is 1. The van der Waals surface area contributed by atoms with E-state index < -0.39 is 0 Å². The fourth-order valence-electron chi connectivity index (χ4n) is 1.42. The quantitative estimate of drug-likeness (QED) is 0.789. The van der Waals surface area contributed by atoms with Crippen molar-refractivity contribution < 1.29 is 14.3 Å². The molecule has 1 atom stereocenters. The summed E-state index contributed by atoms with van der Waals surface area (Å²) in [4.78, 5) is 11.6. The summed E-state index contributed by atoms with van der Waals surface area (Å²) in [6, 6.07) is 2.86. The molecule has 0 aliphatic heterocycles. The summed E-state index contributed by atoms with van der Waals surface area (Å²) >= 11 is 11.6. The van der Waals surface area contributed by atoms with Gasteiger partial charge in [0, 0.05) is 19.2 Å². The Kier molecular flexibility index (Phi) is 6.21. The zero-order valence-corrected chi connectivity index (χ0v) is 12.2. The molecule has 0 aliphatic rings. The van der Waals surface area contributed by atoms with Crippen molar-refractivity contribution in [1.82, 2.24) is 5.32 Å². The third kappa shape index (κ3) is 5.14. The van der Waals surface area contributed by atoms with Gasteiger partial charge >= 0.3 is 0 Å². The highest BCUT2D eigenvalue weighted by molar-refractivity contribution is 6.42. The molecule has 1 rings (SSSR count). The Hall–Kier alpha value is -1.17. The van der Waals surface area contributed by atoms with Crippen molar-refractivity contribution in [1.29, 1.82) is 0 Å². The van der Waals surface area contributed by atoms with Crippen molar-refractivity contribution in [3.63, 3.8) is 0 Å². The van der Waals surface area contributed by atoms with Gasteiger partial charge in [-0.15, -0.1) is 0 Å². The third-order valence-corrected chi connectivity index (χ3v) is 2.96. The number of rotatable bonds is 6. The Morgan fingerprint density at radius 2 is 2.05 bits per heavy atom. The Balaban J connectivity index is 2.53. The molecule has 0 aliphatic carbocycles. The summed E-state index contributed by atoms with van der Waals surface area (Å²) in [6.07, 6.45) is 0. The van der Waals surface area contributed by atoms with Gasteiger partial charge in [0.15, 0.2) is 6.61 Å². The van der Waals surface area contributed by atoms with Crippen LogP contribution in [-0.4, -0.2) is 32.3 Å². The van der Waals surface area contributed by atoms with Gasteiger partial charge in [0.1, 0.15) is 5.75 Å². The highest BCUT2D eigenvalue weighted by atomic mass is 35.5. The monoisotopic (exact) mass is 306 g/mol. The smallest absolute Gasteiger partial charge is 0.258 e. The molecule has 1 aromatic rings. The number of hydrogen-bond acceptors (Lipinski definition) is 4. The summed E-state index contributed by atoms with van der Waals surface area (Å²) < 4.78 is 10.2.